The van der Waals surface area contributed by atoms with E-state index in [1.165, 1.54) is 0 Å². The van der Waals surface area contributed by atoms with E-state index >= 15 is 0 Å². The fourth-order valence-corrected chi connectivity index (χ4v) is 2.52. The molecular formula is C17H18Cl2N2O. The highest BCUT2D eigenvalue weighted by Gasteiger charge is 2.12. The van der Waals surface area contributed by atoms with Gasteiger partial charge in [-0.2, -0.15) is 0 Å². The number of halogens is 2. The maximum atomic E-state index is 12.1. The fourth-order valence-electron chi connectivity index (χ4n) is 2.16. The number of nitrogens with one attached hydrogen (secondary N) is 2. The molecule has 0 heterocycles. The number of benzene rings is 2. The Bertz CT molecular complexity index is 632. The Hall–Kier alpha value is -1.71. The number of anilines is 1. The summed E-state index contributed by atoms with van der Waals surface area (Å²) in [4.78, 5) is 12.1. The van der Waals surface area contributed by atoms with E-state index in [9.17, 15) is 4.79 Å². The normalized spacial score (nSPS) is 11.8. The second-order valence-corrected chi connectivity index (χ2v) is 5.76. The van der Waals surface area contributed by atoms with E-state index in [1.807, 2.05) is 37.3 Å². The molecule has 2 N–H and O–H groups in total. The van der Waals surface area contributed by atoms with Crippen LogP contribution in [0.1, 0.15) is 24.9 Å². The Morgan fingerprint density at radius 1 is 1.14 bits per heavy atom. The molecule has 1 atom stereocenters. The third kappa shape index (κ3) is 4.65. The summed E-state index contributed by atoms with van der Waals surface area (Å²) in [5, 5.41) is 7.12. The largest absolute Gasteiger partial charge is 0.375 e. The number of carbonyl (C=O) groups is 1. The van der Waals surface area contributed by atoms with Crippen LogP contribution in [0, 0.1) is 0 Å². The third-order valence-electron chi connectivity index (χ3n) is 3.31. The summed E-state index contributed by atoms with van der Waals surface area (Å²) in [6, 6.07) is 15.0. The Labute approximate surface area is 140 Å². The van der Waals surface area contributed by atoms with Crippen LogP contribution in [0.15, 0.2) is 48.5 Å². The SMILES string of the molecule is CCC(NC(=O)CNc1cc(Cl)ccc1Cl)c1ccccc1. The molecule has 1 amide bonds. The van der Waals surface area contributed by atoms with Crippen LogP contribution in [0.5, 0.6) is 0 Å². The van der Waals surface area contributed by atoms with Gasteiger partial charge in [-0.05, 0) is 30.2 Å². The first-order valence-electron chi connectivity index (χ1n) is 7.13. The third-order valence-corrected chi connectivity index (χ3v) is 3.88. The van der Waals surface area contributed by atoms with Crippen molar-refractivity contribution in [2.24, 2.45) is 0 Å². The maximum absolute atomic E-state index is 12.1. The zero-order chi connectivity index (χ0) is 15.9. The van der Waals surface area contributed by atoms with E-state index in [4.69, 9.17) is 23.2 Å². The van der Waals surface area contributed by atoms with Gasteiger partial charge < -0.3 is 10.6 Å². The summed E-state index contributed by atoms with van der Waals surface area (Å²) in [6.07, 6.45) is 0.827. The molecule has 5 heteroatoms. The minimum atomic E-state index is -0.0910. The summed E-state index contributed by atoms with van der Waals surface area (Å²) in [5.74, 6) is -0.0910. The standard InChI is InChI=1S/C17H18Cl2N2O/c1-2-15(12-6-4-3-5-7-12)21-17(22)11-20-16-10-13(18)8-9-14(16)19/h3-10,15,20H,2,11H2,1H3,(H,21,22). The summed E-state index contributed by atoms with van der Waals surface area (Å²) in [7, 11) is 0. The van der Waals surface area contributed by atoms with Gasteiger partial charge in [-0.3, -0.25) is 4.79 Å². The van der Waals surface area contributed by atoms with Crippen molar-refractivity contribution in [3.63, 3.8) is 0 Å². The van der Waals surface area contributed by atoms with Crippen molar-refractivity contribution in [3.05, 3.63) is 64.1 Å². The van der Waals surface area contributed by atoms with Gasteiger partial charge >= 0.3 is 0 Å². The number of amides is 1. The summed E-state index contributed by atoms with van der Waals surface area (Å²) < 4.78 is 0. The van der Waals surface area contributed by atoms with Crippen LogP contribution in [0.25, 0.3) is 0 Å². The van der Waals surface area contributed by atoms with Gasteiger partial charge in [-0.25, -0.2) is 0 Å². The summed E-state index contributed by atoms with van der Waals surface area (Å²) >= 11 is 12.0. The van der Waals surface area contributed by atoms with Crippen LogP contribution in [0.2, 0.25) is 10.0 Å². The van der Waals surface area contributed by atoms with Crippen molar-refractivity contribution in [1.29, 1.82) is 0 Å². The zero-order valence-corrected chi connectivity index (χ0v) is 13.8. The molecule has 2 aromatic rings. The number of rotatable bonds is 6. The van der Waals surface area contributed by atoms with Crippen molar-refractivity contribution in [1.82, 2.24) is 5.32 Å². The molecule has 0 aliphatic rings. The fraction of sp³-hybridized carbons (Fsp3) is 0.235. The highest BCUT2D eigenvalue weighted by atomic mass is 35.5. The summed E-state index contributed by atoms with van der Waals surface area (Å²) in [6.45, 7) is 2.18. The molecule has 0 aromatic heterocycles. The van der Waals surface area contributed by atoms with E-state index in [2.05, 4.69) is 10.6 Å². The van der Waals surface area contributed by atoms with Crippen molar-refractivity contribution in [2.75, 3.05) is 11.9 Å². The van der Waals surface area contributed by atoms with E-state index < -0.39 is 0 Å². The lowest BCUT2D eigenvalue weighted by atomic mass is 10.0. The molecule has 0 aliphatic carbocycles. The highest BCUT2D eigenvalue weighted by molar-refractivity contribution is 6.35. The number of hydrogen-bond acceptors (Lipinski definition) is 2. The molecular weight excluding hydrogens is 319 g/mol. The maximum Gasteiger partial charge on any atom is 0.239 e. The van der Waals surface area contributed by atoms with Crippen molar-refractivity contribution in [2.45, 2.75) is 19.4 Å². The Kier molecular flexibility index (Phi) is 6.10. The van der Waals surface area contributed by atoms with Crippen LogP contribution in [0.3, 0.4) is 0 Å². The average molecular weight is 337 g/mol. The Morgan fingerprint density at radius 3 is 2.55 bits per heavy atom. The van der Waals surface area contributed by atoms with Gasteiger partial charge in [0.25, 0.3) is 0 Å². The van der Waals surface area contributed by atoms with E-state index in [0.29, 0.717) is 15.7 Å². The average Bonchev–Trinajstić information content (AvgIpc) is 2.54. The molecule has 1 unspecified atom stereocenters. The molecule has 2 aromatic carbocycles. The molecule has 0 fully saturated rings. The van der Waals surface area contributed by atoms with E-state index in [1.54, 1.807) is 18.2 Å². The molecule has 3 nitrogen and oxygen atoms in total. The van der Waals surface area contributed by atoms with Crippen LogP contribution in [0.4, 0.5) is 5.69 Å². The smallest absolute Gasteiger partial charge is 0.239 e. The molecule has 0 saturated heterocycles. The molecule has 0 spiro atoms. The lowest BCUT2D eigenvalue weighted by Crippen LogP contribution is -2.33. The van der Waals surface area contributed by atoms with Crippen LogP contribution >= 0.6 is 23.2 Å². The van der Waals surface area contributed by atoms with Crippen LogP contribution < -0.4 is 10.6 Å². The van der Waals surface area contributed by atoms with Crippen molar-refractivity contribution >= 4 is 34.8 Å². The molecule has 0 aliphatic heterocycles. The first-order chi connectivity index (χ1) is 10.6. The topological polar surface area (TPSA) is 41.1 Å². The van der Waals surface area contributed by atoms with E-state index in [-0.39, 0.29) is 18.5 Å². The van der Waals surface area contributed by atoms with Crippen molar-refractivity contribution in [3.8, 4) is 0 Å². The lowest BCUT2D eigenvalue weighted by molar-refractivity contribution is -0.120. The number of carbonyl (C=O) groups excluding carboxylic acids is 1. The summed E-state index contributed by atoms with van der Waals surface area (Å²) in [5.41, 5.74) is 1.75. The lowest BCUT2D eigenvalue weighted by Gasteiger charge is -2.18. The molecule has 2 rings (SSSR count). The Morgan fingerprint density at radius 2 is 1.86 bits per heavy atom. The highest BCUT2D eigenvalue weighted by Crippen LogP contribution is 2.25. The van der Waals surface area contributed by atoms with Gasteiger partial charge in [0.05, 0.1) is 23.3 Å². The number of hydrogen-bond donors (Lipinski definition) is 2. The molecule has 116 valence electrons. The Balaban J connectivity index is 1.93. The minimum absolute atomic E-state index is 0.00494. The van der Waals surface area contributed by atoms with Gasteiger partial charge in [0.1, 0.15) is 0 Å². The van der Waals surface area contributed by atoms with Crippen LogP contribution in [-0.4, -0.2) is 12.5 Å². The zero-order valence-electron chi connectivity index (χ0n) is 12.3. The molecule has 0 bridgehead atoms. The quantitative estimate of drug-likeness (QED) is 0.804. The predicted octanol–water partition coefficient (Wildman–Crippen LogP) is 4.67. The van der Waals surface area contributed by atoms with Crippen molar-refractivity contribution < 1.29 is 4.79 Å². The van der Waals surface area contributed by atoms with Gasteiger partial charge in [0.2, 0.25) is 5.91 Å². The van der Waals surface area contributed by atoms with Gasteiger partial charge in [0, 0.05) is 5.02 Å². The molecule has 0 radical (unpaired) electrons. The van der Waals surface area contributed by atoms with Crippen LogP contribution in [-0.2, 0) is 4.79 Å². The van der Waals surface area contributed by atoms with Gasteiger partial charge in [-0.15, -0.1) is 0 Å². The minimum Gasteiger partial charge on any atom is -0.375 e. The second kappa shape index (κ2) is 8.06. The second-order valence-electron chi connectivity index (χ2n) is 4.92. The monoisotopic (exact) mass is 336 g/mol. The molecule has 22 heavy (non-hydrogen) atoms. The van der Waals surface area contributed by atoms with Gasteiger partial charge in [-0.1, -0.05) is 60.5 Å². The first kappa shape index (κ1) is 16.7. The predicted molar refractivity (Wildman–Crippen MR) is 92.6 cm³/mol. The van der Waals surface area contributed by atoms with Gasteiger partial charge in [0.15, 0.2) is 0 Å². The van der Waals surface area contributed by atoms with E-state index in [0.717, 1.165) is 12.0 Å². The molecule has 0 saturated carbocycles. The first-order valence-corrected chi connectivity index (χ1v) is 7.89.